The number of anilines is 1. The Morgan fingerprint density at radius 2 is 2.05 bits per heavy atom. The van der Waals surface area contributed by atoms with Crippen LogP contribution in [-0.4, -0.2) is 46.5 Å². The quantitative estimate of drug-likeness (QED) is 0.706. The monoisotopic (exact) mass is 289 g/mol. The van der Waals surface area contributed by atoms with E-state index >= 15 is 0 Å². The summed E-state index contributed by atoms with van der Waals surface area (Å²) in [6, 6.07) is 5.17. The van der Waals surface area contributed by atoms with Gasteiger partial charge in [-0.25, -0.2) is 0 Å². The van der Waals surface area contributed by atoms with Gasteiger partial charge in [0.15, 0.2) is 5.69 Å². The smallest absolute Gasteiger partial charge is 0.272 e. The number of likely N-dealkylation sites (N-methyl/N-ethyl adjacent to an activating group) is 1. The molecule has 2 rings (SSSR count). The van der Waals surface area contributed by atoms with E-state index in [-0.39, 0.29) is 18.1 Å². The molecule has 0 saturated heterocycles. The highest BCUT2D eigenvalue weighted by molar-refractivity contribution is 6.06. The second kappa shape index (κ2) is 6.25. The van der Waals surface area contributed by atoms with E-state index in [1.54, 1.807) is 23.1 Å². The fourth-order valence-electron chi connectivity index (χ4n) is 2.13. The summed E-state index contributed by atoms with van der Waals surface area (Å²) >= 11 is 0. The predicted octanol–water partition coefficient (Wildman–Crippen LogP) is 0.743. The van der Waals surface area contributed by atoms with E-state index in [1.165, 1.54) is 0 Å². The number of carbonyl (C=O) groups is 2. The summed E-state index contributed by atoms with van der Waals surface area (Å²) < 4.78 is 0. The SMILES string of the molecule is CCN(CC)C(=O)CNC(=O)c1n[nH]c2ccc(N)cc12. The van der Waals surface area contributed by atoms with Gasteiger partial charge < -0.3 is 16.0 Å². The zero-order chi connectivity index (χ0) is 15.4. The van der Waals surface area contributed by atoms with Gasteiger partial charge in [0, 0.05) is 24.2 Å². The van der Waals surface area contributed by atoms with Crippen molar-refractivity contribution in [2.75, 3.05) is 25.4 Å². The number of nitrogens with two attached hydrogens (primary N) is 1. The van der Waals surface area contributed by atoms with Gasteiger partial charge in [0.25, 0.3) is 5.91 Å². The van der Waals surface area contributed by atoms with Crippen LogP contribution in [0.15, 0.2) is 18.2 Å². The lowest BCUT2D eigenvalue weighted by atomic mass is 10.2. The van der Waals surface area contributed by atoms with Crippen LogP contribution < -0.4 is 11.1 Å². The van der Waals surface area contributed by atoms with Crippen molar-refractivity contribution in [2.24, 2.45) is 0 Å². The molecule has 0 spiro atoms. The Labute approximate surface area is 122 Å². The molecule has 0 atom stereocenters. The second-order valence-electron chi connectivity index (χ2n) is 4.63. The van der Waals surface area contributed by atoms with Crippen molar-refractivity contribution < 1.29 is 9.59 Å². The zero-order valence-electron chi connectivity index (χ0n) is 12.1. The summed E-state index contributed by atoms with van der Waals surface area (Å²) in [5.41, 5.74) is 7.24. The molecule has 0 aliphatic heterocycles. The largest absolute Gasteiger partial charge is 0.399 e. The number of hydrogen-bond acceptors (Lipinski definition) is 4. The molecule has 0 radical (unpaired) electrons. The molecule has 2 amide bonds. The lowest BCUT2D eigenvalue weighted by Gasteiger charge is -2.18. The van der Waals surface area contributed by atoms with E-state index in [1.807, 2.05) is 13.8 Å². The number of nitrogens with one attached hydrogen (secondary N) is 2. The average Bonchev–Trinajstić information content (AvgIpc) is 2.89. The Kier molecular flexibility index (Phi) is 4.42. The summed E-state index contributed by atoms with van der Waals surface area (Å²) in [6.07, 6.45) is 0. The highest BCUT2D eigenvalue weighted by Crippen LogP contribution is 2.18. The number of aromatic nitrogens is 2. The van der Waals surface area contributed by atoms with E-state index in [2.05, 4.69) is 15.5 Å². The predicted molar refractivity (Wildman–Crippen MR) is 80.8 cm³/mol. The Balaban J connectivity index is 2.09. The zero-order valence-corrected chi connectivity index (χ0v) is 12.1. The van der Waals surface area contributed by atoms with Crippen LogP contribution >= 0.6 is 0 Å². The number of nitrogen functional groups attached to an aromatic ring is 1. The number of aromatic amines is 1. The van der Waals surface area contributed by atoms with E-state index < -0.39 is 5.91 Å². The van der Waals surface area contributed by atoms with Crippen LogP contribution in [0.4, 0.5) is 5.69 Å². The third-order valence-electron chi connectivity index (χ3n) is 3.32. The number of benzene rings is 1. The van der Waals surface area contributed by atoms with E-state index in [0.717, 1.165) is 5.52 Å². The molecule has 0 fully saturated rings. The summed E-state index contributed by atoms with van der Waals surface area (Å²) in [5.74, 6) is -0.514. The number of nitrogens with zero attached hydrogens (tertiary/aromatic N) is 2. The van der Waals surface area contributed by atoms with Crippen LogP contribution in [0.25, 0.3) is 10.9 Å². The van der Waals surface area contributed by atoms with Gasteiger partial charge in [-0.2, -0.15) is 5.10 Å². The molecular weight excluding hydrogens is 270 g/mol. The lowest BCUT2D eigenvalue weighted by Crippen LogP contribution is -2.40. The van der Waals surface area contributed by atoms with Gasteiger partial charge in [0.05, 0.1) is 12.1 Å². The van der Waals surface area contributed by atoms with Crippen molar-refractivity contribution in [1.82, 2.24) is 20.4 Å². The molecule has 112 valence electrons. The molecule has 21 heavy (non-hydrogen) atoms. The molecule has 0 bridgehead atoms. The van der Waals surface area contributed by atoms with Crippen molar-refractivity contribution in [1.29, 1.82) is 0 Å². The molecule has 0 aliphatic carbocycles. The third kappa shape index (κ3) is 3.13. The van der Waals surface area contributed by atoms with Crippen molar-refractivity contribution in [2.45, 2.75) is 13.8 Å². The van der Waals surface area contributed by atoms with Gasteiger partial charge in [-0.15, -0.1) is 0 Å². The number of fused-ring (bicyclic) bond motifs is 1. The number of H-pyrrole nitrogens is 1. The molecule has 4 N–H and O–H groups in total. The van der Waals surface area contributed by atoms with Gasteiger partial charge >= 0.3 is 0 Å². The standard InChI is InChI=1S/C14H19N5O2/c1-3-19(4-2)12(20)8-16-14(21)13-10-7-9(15)5-6-11(10)17-18-13/h5-7H,3-4,8,15H2,1-2H3,(H,16,21)(H,17,18). The maximum atomic E-state index is 12.1. The van der Waals surface area contributed by atoms with Crippen LogP contribution in [0.1, 0.15) is 24.3 Å². The van der Waals surface area contributed by atoms with Crippen molar-refractivity contribution >= 4 is 28.4 Å². The van der Waals surface area contributed by atoms with Gasteiger partial charge in [-0.3, -0.25) is 14.7 Å². The van der Waals surface area contributed by atoms with Crippen molar-refractivity contribution in [3.8, 4) is 0 Å². The average molecular weight is 289 g/mol. The number of hydrogen-bond donors (Lipinski definition) is 3. The Bertz CT molecular complexity index is 660. The molecule has 1 heterocycles. The first-order chi connectivity index (χ1) is 10.1. The van der Waals surface area contributed by atoms with Gasteiger partial charge in [-0.1, -0.05) is 0 Å². The van der Waals surface area contributed by atoms with E-state index in [9.17, 15) is 9.59 Å². The summed E-state index contributed by atoms with van der Waals surface area (Å²) in [5, 5.41) is 9.98. The summed E-state index contributed by atoms with van der Waals surface area (Å²) in [4.78, 5) is 25.6. The van der Waals surface area contributed by atoms with E-state index in [0.29, 0.717) is 24.2 Å². The van der Waals surface area contributed by atoms with Crippen LogP contribution in [0.5, 0.6) is 0 Å². The highest BCUT2D eigenvalue weighted by Gasteiger charge is 2.16. The maximum Gasteiger partial charge on any atom is 0.272 e. The van der Waals surface area contributed by atoms with Gasteiger partial charge in [-0.05, 0) is 32.0 Å². The summed E-state index contributed by atoms with van der Waals surface area (Å²) in [6.45, 7) is 4.98. The molecule has 7 nitrogen and oxygen atoms in total. The first kappa shape index (κ1) is 14.8. The normalized spacial score (nSPS) is 10.6. The molecule has 1 aromatic carbocycles. The van der Waals surface area contributed by atoms with E-state index in [4.69, 9.17) is 5.73 Å². The minimum Gasteiger partial charge on any atom is -0.399 e. The molecular formula is C14H19N5O2. The molecule has 0 aliphatic rings. The van der Waals surface area contributed by atoms with Crippen LogP contribution in [0.3, 0.4) is 0 Å². The Morgan fingerprint density at radius 3 is 2.71 bits per heavy atom. The van der Waals surface area contributed by atoms with Crippen molar-refractivity contribution in [3.05, 3.63) is 23.9 Å². The molecule has 0 saturated carbocycles. The highest BCUT2D eigenvalue weighted by atomic mass is 16.2. The topological polar surface area (TPSA) is 104 Å². The van der Waals surface area contributed by atoms with Crippen LogP contribution in [0.2, 0.25) is 0 Å². The van der Waals surface area contributed by atoms with Crippen LogP contribution in [0, 0.1) is 0 Å². The summed E-state index contributed by atoms with van der Waals surface area (Å²) in [7, 11) is 0. The molecule has 1 aromatic heterocycles. The van der Waals surface area contributed by atoms with Crippen molar-refractivity contribution in [3.63, 3.8) is 0 Å². The molecule has 0 unspecified atom stereocenters. The number of rotatable bonds is 5. The molecule has 2 aromatic rings. The molecule has 7 heteroatoms. The Hall–Kier alpha value is -2.57. The van der Waals surface area contributed by atoms with Gasteiger partial charge in [0.2, 0.25) is 5.91 Å². The third-order valence-corrected chi connectivity index (χ3v) is 3.32. The first-order valence-corrected chi connectivity index (χ1v) is 6.86. The second-order valence-corrected chi connectivity index (χ2v) is 4.63. The lowest BCUT2D eigenvalue weighted by molar-refractivity contribution is -0.129. The fourth-order valence-corrected chi connectivity index (χ4v) is 2.13. The van der Waals surface area contributed by atoms with Crippen LogP contribution in [-0.2, 0) is 4.79 Å². The van der Waals surface area contributed by atoms with Gasteiger partial charge in [0.1, 0.15) is 0 Å². The minimum atomic E-state index is -0.396. The Morgan fingerprint density at radius 1 is 1.33 bits per heavy atom. The number of carbonyl (C=O) groups excluding carboxylic acids is 2. The maximum absolute atomic E-state index is 12.1. The first-order valence-electron chi connectivity index (χ1n) is 6.86. The fraction of sp³-hybridized carbons (Fsp3) is 0.357. The minimum absolute atomic E-state index is 0.0445. The number of amides is 2.